The second kappa shape index (κ2) is 3.50. The van der Waals surface area contributed by atoms with Gasteiger partial charge in [-0.05, 0) is 30.5 Å². The molecule has 0 bridgehead atoms. The first-order chi connectivity index (χ1) is 6.68. The molecule has 1 fully saturated rings. The van der Waals surface area contributed by atoms with Crippen molar-refractivity contribution in [1.29, 1.82) is 0 Å². The maximum absolute atomic E-state index is 13.2. The summed E-state index contributed by atoms with van der Waals surface area (Å²) < 4.78 is 13.2. The average molecular weight is 216 g/mol. The number of hydrogen-bond donors (Lipinski definition) is 1. The van der Waals surface area contributed by atoms with Crippen LogP contribution in [0.4, 0.5) is 4.39 Å². The van der Waals surface area contributed by atoms with Crippen LogP contribution in [0.2, 0.25) is 5.02 Å². The van der Waals surface area contributed by atoms with E-state index < -0.39 is 0 Å². The summed E-state index contributed by atoms with van der Waals surface area (Å²) in [5.74, 6) is 4.66. The van der Waals surface area contributed by atoms with Gasteiger partial charge in [0, 0.05) is 5.41 Å². The molecule has 0 amide bonds. The van der Waals surface area contributed by atoms with Crippen molar-refractivity contribution in [2.24, 2.45) is 5.90 Å². The van der Waals surface area contributed by atoms with Crippen molar-refractivity contribution in [3.63, 3.8) is 0 Å². The largest absolute Gasteiger partial charge is 0.304 e. The fourth-order valence-electron chi connectivity index (χ4n) is 1.65. The van der Waals surface area contributed by atoms with Gasteiger partial charge in [-0.25, -0.2) is 10.3 Å². The lowest BCUT2D eigenvalue weighted by atomic mass is 9.97. The van der Waals surface area contributed by atoms with E-state index in [4.69, 9.17) is 17.5 Å². The molecule has 0 heterocycles. The molecule has 1 aromatic rings. The summed E-state index contributed by atoms with van der Waals surface area (Å²) in [6, 6.07) is 4.87. The molecular formula is C10H11ClFNO. The van der Waals surface area contributed by atoms with E-state index >= 15 is 0 Å². The SMILES string of the molecule is NOCC1(c2ccc(Cl)c(F)c2)CC1. The number of rotatable bonds is 3. The zero-order valence-electron chi connectivity index (χ0n) is 7.59. The molecule has 14 heavy (non-hydrogen) atoms. The third kappa shape index (κ3) is 1.63. The highest BCUT2D eigenvalue weighted by atomic mass is 35.5. The van der Waals surface area contributed by atoms with Gasteiger partial charge in [-0.15, -0.1) is 0 Å². The summed E-state index contributed by atoms with van der Waals surface area (Å²) in [5.41, 5.74) is 0.852. The molecule has 0 radical (unpaired) electrons. The van der Waals surface area contributed by atoms with Gasteiger partial charge in [-0.1, -0.05) is 17.7 Å². The zero-order chi connectivity index (χ0) is 10.2. The molecule has 0 aliphatic heterocycles. The quantitative estimate of drug-likeness (QED) is 0.786. The molecule has 1 aliphatic carbocycles. The standard InChI is InChI=1S/C10H11ClFNO/c11-8-2-1-7(5-9(8)12)10(3-4-10)6-14-13/h1-2,5H,3-4,6,13H2. The van der Waals surface area contributed by atoms with E-state index in [1.807, 2.05) is 6.07 Å². The van der Waals surface area contributed by atoms with E-state index in [1.54, 1.807) is 6.07 Å². The van der Waals surface area contributed by atoms with Gasteiger partial charge in [0.05, 0.1) is 11.6 Å². The van der Waals surface area contributed by atoms with Crippen molar-refractivity contribution in [3.05, 3.63) is 34.6 Å². The molecule has 1 aromatic carbocycles. The van der Waals surface area contributed by atoms with Crippen molar-refractivity contribution >= 4 is 11.6 Å². The van der Waals surface area contributed by atoms with Crippen LogP contribution in [0.3, 0.4) is 0 Å². The van der Waals surface area contributed by atoms with Crippen LogP contribution in [-0.4, -0.2) is 6.61 Å². The lowest BCUT2D eigenvalue weighted by Gasteiger charge is -2.13. The van der Waals surface area contributed by atoms with Gasteiger partial charge in [0.2, 0.25) is 0 Å². The van der Waals surface area contributed by atoms with E-state index in [1.165, 1.54) is 6.07 Å². The molecule has 2 rings (SSSR count). The topological polar surface area (TPSA) is 35.2 Å². The summed E-state index contributed by atoms with van der Waals surface area (Å²) >= 11 is 5.60. The molecule has 0 saturated heterocycles. The van der Waals surface area contributed by atoms with E-state index in [9.17, 15) is 4.39 Å². The Kier molecular flexibility index (Phi) is 2.47. The van der Waals surface area contributed by atoms with Gasteiger partial charge in [-0.3, -0.25) is 0 Å². The molecular weight excluding hydrogens is 205 g/mol. The molecule has 0 atom stereocenters. The average Bonchev–Trinajstić information content (AvgIpc) is 2.91. The van der Waals surface area contributed by atoms with Crippen LogP contribution >= 0.6 is 11.6 Å². The molecule has 0 aromatic heterocycles. The Morgan fingerprint density at radius 1 is 1.50 bits per heavy atom. The highest BCUT2D eigenvalue weighted by Crippen LogP contribution is 2.48. The zero-order valence-corrected chi connectivity index (χ0v) is 8.35. The summed E-state index contributed by atoms with van der Waals surface area (Å²) in [5, 5.41) is 0.151. The number of halogens is 2. The number of nitrogens with two attached hydrogens (primary N) is 1. The molecule has 2 N–H and O–H groups in total. The van der Waals surface area contributed by atoms with Crippen molar-refractivity contribution in [2.75, 3.05) is 6.61 Å². The molecule has 1 aliphatic rings. The van der Waals surface area contributed by atoms with Crippen LogP contribution in [0.15, 0.2) is 18.2 Å². The van der Waals surface area contributed by atoms with Gasteiger partial charge in [0.1, 0.15) is 5.82 Å². The Bertz CT molecular complexity index is 352. The van der Waals surface area contributed by atoms with Crippen LogP contribution < -0.4 is 5.90 Å². The maximum Gasteiger partial charge on any atom is 0.142 e. The van der Waals surface area contributed by atoms with E-state index in [2.05, 4.69) is 4.84 Å². The summed E-state index contributed by atoms with van der Waals surface area (Å²) in [6.07, 6.45) is 1.98. The monoisotopic (exact) mass is 215 g/mol. The molecule has 0 unspecified atom stereocenters. The summed E-state index contributed by atoms with van der Waals surface area (Å²) in [7, 11) is 0. The Balaban J connectivity index is 2.28. The summed E-state index contributed by atoms with van der Waals surface area (Å²) in [4.78, 5) is 4.64. The van der Waals surface area contributed by atoms with Gasteiger partial charge in [0.15, 0.2) is 0 Å². The normalized spacial score (nSPS) is 18.2. The smallest absolute Gasteiger partial charge is 0.142 e. The first-order valence-corrected chi connectivity index (χ1v) is 4.83. The Hall–Kier alpha value is -0.640. The third-order valence-corrected chi connectivity index (χ3v) is 3.05. The highest BCUT2D eigenvalue weighted by Gasteiger charge is 2.44. The lowest BCUT2D eigenvalue weighted by molar-refractivity contribution is 0.116. The van der Waals surface area contributed by atoms with E-state index in [0.29, 0.717) is 6.61 Å². The molecule has 2 nitrogen and oxygen atoms in total. The van der Waals surface area contributed by atoms with Crippen LogP contribution in [0.25, 0.3) is 0 Å². The highest BCUT2D eigenvalue weighted by molar-refractivity contribution is 6.30. The molecule has 4 heteroatoms. The Morgan fingerprint density at radius 2 is 2.21 bits per heavy atom. The summed E-state index contributed by atoms with van der Waals surface area (Å²) in [6.45, 7) is 0.439. The van der Waals surface area contributed by atoms with Crippen molar-refractivity contribution < 1.29 is 9.23 Å². The first kappa shape index (κ1) is 9.90. The number of benzene rings is 1. The van der Waals surface area contributed by atoms with Crippen molar-refractivity contribution in [2.45, 2.75) is 18.3 Å². The van der Waals surface area contributed by atoms with Crippen molar-refractivity contribution in [3.8, 4) is 0 Å². The third-order valence-electron chi connectivity index (χ3n) is 2.75. The Labute approximate surface area is 86.8 Å². The van der Waals surface area contributed by atoms with Gasteiger partial charge in [0.25, 0.3) is 0 Å². The van der Waals surface area contributed by atoms with Gasteiger partial charge < -0.3 is 4.84 Å². The van der Waals surface area contributed by atoms with Crippen LogP contribution in [0.1, 0.15) is 18.4 Å². The molecule has 0 spiro atoms. The fourth-order valence-corrected chi connectivity index (χ4v) is 1.77. The predicted molar refractivity (Wildman–Crippen MR) is 52.5 cm³/mol. The number of hydrogen-bond acceptors (Lipinski definition) is 2. The van der Waals surface area contributed by atoms with Crippen molar-refractivity contribution in [1.82, 2.24) is 0 Å². The first-order valence-electron chi connectivity index (χ1n) is 4.45. The second-order valence-corrected chi connectivity index (χ2v) is 4.13. The minimum Gasteiger partial charge on any atom is -0.304 e. The van der Waals surface area contributed by atoms with Crippen LogP contribution in [0.5, 0.6) is 0 Å². The minimum atomic E-state index is -0.382. The van der Waals surface area contributed by atoms with Crippen LogP contribution in [-0.2, 0) is 10.3 Å². The van der Waals surface area contributed by atoms with Gasteiger partial charge >= 0.3 is 0 Å². The second-order valence-electron chi connectivity index (χ2n) is 3.72. The predicted octanol–water partition coefficient (Wildman–Crippen LogP) is 2.40. The van der Waals surface area contributed by atoms with E-state index in [-0.39, 0.29) is 16.3 Å². The van der Waals surface area contributed by atoms with Crippen LogP contribution in [0, 0.1) is 5.82 Å². The molecule has 1 saturated carbocycles. The fraction of sp³-hybridized carbons (Fsp3) is 0.400. The molecule has 76 valence electrons. The Morgan fingerprint density at radius 3 is 2.71 bits per heavy atom. The maximum atomic E-state index is 13.2. The lowest BCUT2D eigenvalue weighted by Crippen LogP contribution is -2.18. The van der Waals surface area contributed by atoms with E-state index in [0.717, 1.165) is 18.4 Å². The van der Waals surface area contributed by atoms with Gasteiger partial charge in [-0.2, -0.15) is 0 Å². The minimum absolute atomic E-state index is 0.0693.